The number of Topliss-reactive ketones (excluding diaryl/α,β-unsaturated/α-hetero) is 1. The van der Waals surface area contributed by atoms with Gasteiger partial charge >= 0.3 is 0 Å². The van der Waals surface area contributed by atoms with Gasteiger partial charge in [0.2, 0.25) is 0 Å². The average molecular weight is 130 g/mol. The molecule has 0 aromatic heterocycles. The monoisotopic (exact) mass is 130 g/mol. The number of nitrogens with two attached hydrogens (primary N) is 2. The molecule has 52 valence electrons. The van der Waals surface area contributed by atoms with E-state index in [4.69, 9.17) is 11.5 Å². The van der Waals surface area contributed by atoms with E-state index < -0.39 is 5.78 Å². The molecule has 0 aliphatic rings. The summed E-state index contributed by atoms with van der Waals surface area (Å²) in [6, 6.07) is -0.373. The average Bonchev–Trinajstić information content (AvgIpc) is 1.87. The highest BCUT2D eigenvalue weighted by molar-refractivity contribution is 6.25. The maximum Gasteiger partial charge on any atom is 0.196 e. The van der Waals surface area contributed by atoms with Crippen LogP contribution in [0, 0.1) is 0 Å². The van der Waals surface area contributed by atoms with E-state index in [1.807, 2.05) is 0 Å². The molecule has 0 heterocycles. The summed E-state index contributed by atoms with van der Waals surface area (Å²) in [5, 5.41) is 0. The van der Waals surface area contributed by atoms with Crippen molar-refractivity contribution in [3.05, 3.63) is 0 Å². The summed E-state index contributed by atoms with van der Waals surface area (Å²) < 4.78 is 0. The zero-order valence-corrected chi connectivity index (χ0v) is 5.04. The second kappa shape index (κ2) is 4.17. The highest BCUT2D eigenvalue weighted by Gasteiger charge is 2.04. The maximum absolute atomic E-state index is 10.3. The van der Waals surface area contributed by atoms with Crippen molar-refractivity contribution in [3.63, 3.8) is 0 Å². The van der Waals surface area contributed by atoms with Crippen molar-refractivity contribution >= 4 is 12.1 Å². The maximum atomic E-state index is 10.3. The lowest BCUT2D eigenvalue weighted by atomic mass is 10.2. The first kappa shape index (κ1) is 8.26. The van der Waals surface area contributed by atoms with E-state index in [9.17, 15) is 9.59 Å². The molecule has 0 saturated heterocycles. The Morgan fingerprint density at radius 1 is 1.67 bits per heavy atom. The van der Waals surface area contributed by atoms with Crippen LogP contribution >= 0.6 is 0 Å². The molecule has 0 bridgehead atoms. The molecule has 0 aromatic carbocycles. The Morgan fingerprint density at radius 2 is 2.22 bits per heavy atom. The number of hydrogen-bond acceptors (Lipinski definition) is 4. The molecule has 0 radical (unpaired) electrons. The van der Waals surface area contributed by atoms with Crippen molar-refractivity contribution in [2.75, 3.05) is 6.54 Å². The molecule has 4 nitrogen and oxygen atoms in total. The number of carbonyl (C=O) groups excluding carboxylic acids is 2. The molecule has 0 saturated carbocycles. The number of hydrogen-bond donors (Lipinski definition) is 2. The summed E-state index contributed by atoms with van der Waals surface area (Å²) in [5.74, 6) is -0.493. The first-order chi connectivity index (χ1) is 4.20. The van der Waals surface area contributed by atoms with Gasteiger partial charge in [-0.3, -0.25) is 9.59 Å². The molecule has 0 rings (SSSR count). The lowest BCUT2D eigenvalue weighted by Gasteiger charge is -2.02. The van der Waals surface area contributed by atoms with E-state index in [0.29, 0.717) is 0 Å². The summed E-state index contributed by atoms with van der Waals surface area (Å²) >= 11 is 0. The van der Waals surface area contributed by atoms with Gasteiger partial charge in [-0.15, -0.1) is 0 Å². The van der Waals surface area contributed by atoms with Crippen LogP contribution in [0.1, 0.15) is 6.42 Å². The summed E-state index contributed by atoms with van der Waals surface area (Å²) in [6.45, 7) is 0.236. The van der Waals surface area contributed by atoms with Gasteiger partial charge in [0.15, 0.2) is 12.1 Å². The molecule has 0 aromatic rings. The molecule has 9 heavy (non-hydrogen) atoms. The van der Waals surface area contributed by atoms with Crippen LogP contribution in [0.3, 0.4) is 0 Å². The molecule has 4 heteroatoms. The largest absolute Gasteiger partial charge is 0.329 e. The van der Waals surface area contributed by atoms with Crippen LogP contribution in [0.15, 0.2) is 0 Å². The van der Waals surface area contributed by atoms with Crippen LogP contribution in [0.25, 0.3) is 0 Å². The molecule has 0 amide bonds. The molecule has 1 unspecified atom stereocenters. The number of ketones is 1. The minimum atomic E-state index is -0.493. The van der Waals surface area contributed by atoms with Crippen molar-refractivity contribution in [1.29, 1.82) is 0 Å². The third-order valence-corrected chi connectivity index (χ3v) is 0.898. The Kier molecular flexibility index (Phi) is 3.83. The molecule has 0 fully saturated rings. The predicted molar refractivity (Wildman–Crippen MR) is 32.7 cm³/mol. The topological polar surface area (TPSA) is 86.2 Å². The first-order valence-corrected chi connectivity index (χ1v) is 2.64. The van der Waals surface area contributed by atoms with E-state index in [2.05, 4.69) is 0 Å². The summed E-state index contributed by atoms with van der Waals surface area (Å²) in [4.78, 5) is 20.0. The highest BCUT2D eigenvalue weighted by Crippen LogP contribution is 1.83. The van der Waals surface area contributed by atoms with E-state index in [1.54, 1.807) is 0 Å². The molecule has 4 N–H and O–H groups in total. The van der Waals surface area contributed by atoms with Gasteiger partial charge in [-0.2, -0.15) is 0 Å². The third-order valence-electron chi connectivity index (χ3n) is 0.898. The summed E-state index contributed by atoms with van der Waals surface area (Å²) in [7, 11) is 0. The fraction of sp³-hybridized carbons (Fsp3) is 0.600. The smallest absolute Gasteiger partial charge is 0.196 e. The standard InChI is InChI=1S/C5H10N2O2/c6-2-4(7)1-5(9)3-8/h3-4H,1-2,6-7H2. The van der Waals surface area contributed by atoms with Crippen LogP contribution in [0.2, 0.25) is 0 Å². The highest BCUT2D eigenvalue weighted by atomic mass is 16.2. The number of carbonyl (C=O) groups is 2. The van der Waals surface area contributed by atoms with E-state index >= 15 is 0 Å². The van der Waals surface area contributed by atoms with Crippen molar-refractivity contribution < 1.29 is 9.59 Å². The second-order valence-electron chi connectivity index (χ2n) is 1.78. The molecular formula is C5H10N2O2. The Bertz CT molecular complexity index is 114. The van der Waals surface area contributed by atoms with Gasteiger partial charge in [0, 0.05) is 19.0 Å². The molecular weight excluding hydrogens is 120 g/mol. The predicted octanol–water partition coefficient (Wildman–Crippen LogP) is -1.57. The van der Waals surface area contributed by atoms with Crippen molar-refractivity contribution in [2.45, 2.75) is 12.5 Å². The first-order valence-electron chi connectivity index (χ1n) is 2.64. The fourth-order valence-corrected chi connectivity index (χ4v) is 0.390. The van der Waals surface area contributed by atoms with Gasteiger partial charge in [-0.1, -0.05) is 0 Å². The van der Waals surface area contributed by atoms with Crippen molar-refractivity contribution in [1.82, 2.24) is 0 Å². The second-order valence-corrected chi connectivity index (χ2v) is 1.78. The van der Waals surface area contributed by atoms with E-state index in [0.717, 1.165) is 0 Å². The lowest BCUT2D eigenvalue weighted by Crippen LogP contribution is -2.32. The minimum Gasteiger partial charge on any atom is -0.329 e. The SMILES string of the molecule is NCC(N)CC(=O)C=O. The molecule has 1 atom stereocenters. The third kappa shape index (κ3) is 3.81. The van der Waals surface area contributed by atoms with Gasteiger partial charge in [0.05, 0.1) is 0 Å². The van der Waals surface area contributed by atoms with Crippen LogP contribution in [-0.4, -0.2) is 24.7 Å². The van der Waals surface area contributed by atoms with Crippen LogP contribution in [0.4, 0.5) is 0 Å². The van der Waals surface area contributed by atoms with Gasteiger partial charge < -0.3 is 11.5 Å². The number of rotatable bonds is 4. The fourth-order valence-electron chi connectivity index (χ4n) is 0.390. The quantitative estimate of drug-likeness (QED) is 0.355. The minimum absolute atomic E-state index is 0.0556. The Hall–Kier alpha value is -0.740. The Balaban J connectivity index is 3.46. The van der Waals surface area contributed by atoms with Crippen LogP contribution < -0.4 is 11.5 Å². The van der Waals surface area contributed by atoms with E-state index in [1.165, 1.54) is 0 Å². The van der Waals surface area contributed by atoms with Gasteiger partial charge in [0.1, 0.15) is 0 Å². The van der Waals surface area contributed by atoms with Crippen LogP contribution in [0.5, 0.6) is 0 Å². The Morgan fingerprint density at radius 3 is 2.56 bits per heavy atom. The van der Waals surface area contributed by atoms with Gasteiger partial charge in [0.25, 0.3) is 0 Å². The molecule has 0 aliphatic heterocycles. The summed E-state index contributed by atoms with van der Waals surface area (Å²) in [5.41, 5.74) is 10.3. The van der Waals surface area contributed by atoms with Gasteiger partial charge in [-0.05, 0) is 0 Å². The van der Waals surface area contributed by atoms with Gasteiger partial charge in [-0.25, -0.2) is 0 Å². The zero-order chi connectivity index (χ0) is 7.28. The molecule has 0 aliphatic carbocycles. The number of aldehydes is 1. The Labute approximate surface area is 53.2 Å². The van der Waals surface area contributed by atoms with Crippen molar-refractivity contribution in [2.24, 2.45) is 11.5 Å². The van der Waals surface area contributed by atoms with Crippen LogP contribution in [-0.2, 0) is 9.59 Å². The lowest BCUT2D eigenvalue weighted by molar-refractivity contribution is -0.130. The normalized spacial score (nSPS) is 12.7. The van der Waals surface area contributed by atoms with Crippen molar-refractivity contribution in [3.8, 4) is 0 Å². The molecule has 0 spiro atoms. The zero-order valence-electron chi connectivity index (χ0n) is 5.04. The summed E-state index contributed by atoms with van der Waals surface area (Å²) in [6.07, 6.45) is 0.315. The van der Waals surface area contributed by atoms with E-state index in [-0.39, 0.29) is 25.3 Å².